The second-order valence-corrected chi connectivity index (χ2v) is 6.10. The maximum absolute atomic E-state index is 5.99. The predicted octanol–water partition coefficient (Wildman–Crippen LogP) is 2.04. The van der Waals surface area contributed by atoms with Crippen molar-refractivity contribution in [2.75, 3.05) is 19.8 Å². The molecule has 1 saturated heterocycles. The summed E-state index contributed by atoms with van der Waals surface area (Å²) in [6, 6.07) is 0.546. The van der Waals surface area contributed by atoms with Crippen LogP contribution in [-0.2, 0) is 4.74 Å². The van der Waals surface area contributed by atoms with Crippen LogP contribution in [0, 0.1) is 5.41 Å². The van der Waals surface area contributed by atoms with Crippen molar-refractivity contribution in [3.8, 4) is 0 Å². The third-order valence-electron chi connectivity index (χ3n) is 4.29. The van der Waals surface area contributed by atoms with Crippen LogP contribution in [0.1, 0.15) is 51.9 Å². The molecule has 0 aromatic rings. The third-order valence-corrected chi connectivity index (χ3v) is 4.29. The number of hydrogen-bond donors (Lipinski definition) is 2. The van der Waals surface area contributed by atoms with Gasteiger partial charge in [-0.15, -0.1) is 0 Å². The highest BCUT2D eigenvalue weighted by atomic mass is 16.5. The van der Waals surface area contributed by atoms with Crippen molar-refractivity contribution >= 4 is 5.96 Å². The molecule has 18 heavy (non-hydrogen) atoms. The monoisotopic (exact) mass is 253 g/mol. The van der Waals surface area contributed by atoms with Gasteiger partial charge in [-0.25, -0.2) is 0 Å². The lowest BCUT2D eigenvalue weighted by molar-refractivity contribution is 0.0283. The predicted molar refractivity (Wildman–Crippen MR) is 74.7 cm³/mol. The molecule has 1 aliphatic heterocycles. The van der Waals surface area contributed by atoms with Crippen LogP contribution >= 0.6 is 0 Å². The molecule has 2 aliphatic rings. The van der Waals surface area contributed by atoms with E-state index in [-0.39, 0.29) is 5.41 Å². The van der Waals surface area contributed by atoms with Gasteiger partial charge in [0, 0.05) is 25.8 Å². The number of nitrogens with zero attached hydrogens (tertiary/aromatic N) is 1. The molecule has 0 bridgehead atoms. The van der Waals surface area contributed by atoms with Gasteiger partial charge in [0.1, 0.15) is 0 Å². The molecule has 0 aromatic heterocycles. The Morgan fingerprint density at radius 3 is 2.61 bits per heavy atom. The summed E-state index contributed by atoms with van der Waals surface area (Å²) < 4.78 is 5.40. The molecule has 1 aliphatic carbocycles. The highest BCUT2D eigenvalue weighted by Crippen LogP contribution is 2.29. The minimum atomic E-state index is 0.275. The normalized spacial score (nSPS) is 25.9. The molecular weight excluding hydrogens is 226 g/mol. The van der Waals surface area contributed by atoms with E-state index in [0.29, 0.717) is 12.0 Å². The summed E-state index contributed by atoms with van der Waals surface area (Å²) >= 11 is 0. The number of aliphatic imine (C=N–C) groups is 1. The van der Waals surface area contributed by atoms with Gasteiger partial charge in [-0.05, 0) is 31.1 Å². The van der Waals surface area contributed by atoms with Gasteiger partial charge in [0.15, 0.2) is 5.96 Å². The molecule has 0 radical (unpaired) electrons. The van der Waals surface area contributed by atoms with Crippen molar-refractivity contribution in [1.82, 2.24) is 5.32 Å². The molecule has 1 saturated carbocycles. The average Bonchev–Trinajstić information content (AvgIpc) is 2.39. The van der Waals surface area contributed by atoms with Crippen LogP contribution in [0.15, 0.2) is 4.99 Å². The first-order valence-electron chi connectivity index (χ1n) is 7.32. The first-order valence-corrected chi connectivity index (χ1v) is 7.32. The molecule has 0 amide bonds. The molecule has 104 valence electrons. The minimum absolute atomic E-state index is 0.275. The fourth-order valence-electron chi connectivity index (χ4n) is 2.80. The summed E-state index contributed by atoms with van der Waals surface area (Å²) in [5.74, 6) is 0.634. The van der Waals surface area contributed by atoms with Crippen molar-refractivity contribution < 1.29 is 4.74 Å². The molecule has 0 unspecified atom stereocenters. The SMILES string of the molecule is CC1(CN=C(N)NC2CCCCC2)CCOCC1. The van der Waals surface area contributed by atoms with Crippen molar-refractivity contribution in [2.24, 2.45) is 16.1 Å². The van der Waals surface area contributed by atoms with E-state index in [1.54, 1.807) is 0 Å². The zero-order valence-corrected chi connectivity index (χ0v) is 11.6. The van der Waals surface area contributed by atoms with Gasteiger partial charge in [0.2, 0.25) is 0 Å². The molecule has 1 heterocycles. The molecule has 3 N–H and O–H groups in total. The second-order valence-electron chi connectivity index (χ2n) is 6.10. The summed E-state index contributed by atoms with van der Waals surface area (Å²) in [5, 5.41) is 3.37. The van der Waals surface area contributed by atoms with E-state index in [1.807, 2.05) is 0 Å². The minimum Gasteiger partial charge on any atom is -0.381 e. The quantitative estimate of drug-likeness (QED) is 0.598. The van der Waals surface area contributed by atoms with E-state index in [4.69, 9.17) is 10.5 Å². The largest absolute Gasteiger partial charge is 0.381 e. The number of guanidine groups is 1. The van der Waals surface area contributed by atoms with Gasteiger partial charge < -0.3 is 15.8 Å². The topological polar surface area (TPSA) is 59.6 Å². The molecule has 0 atom stereocenters. The zero-order chi connectivity index (χ0) is 12.8. The van der Waals surface area contributed by atoms with Gasteiger partial charge >= 0.3 is 0 Å². The first kappa shape index (κ1) is 13.7. The Hall–Kier alpha value is -0.770. The van der Waals surface area contributed by atoms with Crippen LogP contribution in [0.3, 0.4) is 0 Å². The van der Waals surface area contributed by atoms with Gasteiger partial charge in [0.25, 0.3) is 0 Å². The smallest absolute Gasteiger partial charge is 0.188 e. The fourth-order valence-corrected chi connectivity index (χ4v) is 2.80. The maximum atomic E-state index is 5.99. The Balaban J connectivity index is 1.76. The Labute approximate surface area is 110 Å². The Bertz CT molecular complexity index is 279. The van der Waals surface area contributed by atoms with Crippen LogP contribution in [0.5, 0.6) is 0 Å². The zero-order valence-electron chi connectivity index (χ0n) is 11.6. The van der Waals surface area contributed by atoms with Gasteiger partial charge in [-0.2, -0.15) is 0 Å². The third kappa shape index (κ3) is 4.16. The van der Waals surface area contributed by atoms with Crippen LogP contribution < -0.4 is 11.1 Å². The van der Waals surface area contributed by atoms with Crippen molar-refractivity contribution in [3.05, 3.63) is 0 Å². The summed E-state index contributed by atoms with van der Waals surface area (Å²) in [6.45, 7) is 4.83. The fraction of sp³-hybridized carbons (Fsp3) is 0.929. The number of nitrogens with two attached hydrogens (primary N) is 1. The van der Waals surface area contributed by atoms with Crippen LogP contribution in [0.4, 0.5) is 0 Å². The van der Waals surface area contributed by atoms with Crippen LogP contribution in [0.2, 0.25) is 0 Å². The van der Waals surface area contributed by atoms with Crippen molar-refractivity contribution in [1.29, 1.82) is 0 Å². The highest BCUT2D eigenvalue weighted by Gasteiger charge is 2.27. The number of rotatable bonds is 3. The van der Waals surface area contributed by atoms with E-state index in [2.05, 4.69) is 17.2 Å². The first-order chi connectivity index (χ1) is 8.68. The molecule has 2 fully saturated rings. The van der Waals surface area contributed by atoms with Crippen molar-refractivity contribution in [2.45, 2.75) is 57.9 Å². The van der Waals surface area contributed by atoms with E-state index >= 15 is 0 Å². The van der Waals surface area contributed by atoms with Crippen LogP contribution in [-0.4, -0.2) is 31.8 Å². The van der Waals surface area contributed by atoms with Gasteiger partial charge in [0.05, 0.1) is 0 Å². The molecular formula is C14H27N3O. The maximum Gasteiger partial charge on any atom is 0.188 e. The summed E-state index contributed by atoms with van der Waals surface area (Å²) in [6.07, 6.45) is 8.66. The molecule has 0 spiro atoms. The lowest BCUT2D eigenvalue weighted by Crippen LogP contribution is -2.42. The summed E-state index contributed by atoms with van der Waals surface area (Å²) in [4.78, 5) is 4.54. The Morgan fingerprint density at radius 2 is 1.94 bits per heavy atom. The number of ether oxygens (including phenoxy) is 1. The lowest BCUT2D eigenvalue weighted by Gasteiger charge is -2.32. The lowest BCUT2D eigenvalue weighted by atomic mass is 9.83. The van der Waals surface area contributed by atoms with Gasteiger partial charge in [-0.3, -0.25) is 4.99 Å². The summed E-state index contributed by atoms with van der Waals surface area (Å²) in [7, 11) is 0. The average molecular weight is 253 g/mol. The van der Waals surface area contributed by atoms with E-state index in [9.17, 15) is 0 Å². The Morgan fingerprint density at radius 1 is 1.28 bits per heavy atom. The summed E-state index contributed by atoms with van der Waals surface area (Å²) in [5.41, 5.74) is 6.26. The van der Waals surface area contributed by atoms with Crippen LogP contribution in [0.25, 0.3) is 0 Å². The molecule has 4 nitrogen and oxygen atoms in total. The molecule has 0 aromatic carbocycles. The number of nitrogens with one attached hydrogen (secondary N) is 1. The van der Waals surface area contributed by atoms with E-state index in [1.165, 1.54) is 32.1 Å². The number of hydrogen-bond acceptors (Lipinski definition) is 2. The van der Waals surface area contributed by atoms with Gasteiger partial charge in [-0.1, -0.05) is 26.2 Å². The van der Waals surface area contributed by atoms with E-state index < -0.39 is 0 Å². The highest BCUT2D eigenvalue weighted by molar-refractivity contribution is 5.78. The van der Waals surface area contributed by atoms with Crippen molar-refractivity contribution in [3.63, 3.8) is 0 Å². The second kappa shape index (κ2) is 6.41. The standard InChI is InChI=1S/C14H27N3O/c1-14(7-9-18-10-8-14)11-16-13(15)17-12-5-3-2-4-6-12/h12H,2-11H2,1H3,(H3,15,16,17). The molecule has 4 heteroatoms. The Kier molecular flexibility index (Phi) is 4.87. The van der Waals surface area contributed by atoms with E-state index in [0.717, 1.165) is 32.6 Å². The molecule has 2 rings (SSSR count).